The first-order valence-corrected chi connectivity index (χ1v) is 6.55. The molecule has 2 heteroatoms. The van der Waals surface area contributed by atoms with Crippen LogP contribution in [0.15, 0.2) is 18.2 Å². The second-order valence-electron chi connectivity index (χ2n) is 4.58. The number of hydrogen-bond acceptors (Lipinski definition) is 2. The summed E-state index contributed by atoms with van der Waals surface area (Å²) >= 11 is 0. The van der Waals surface area contributed by atoms with Crippen LogP contribution in [0.3, 0.4) is 0 Å². The lowest BCUT2D eigenvalue weighted by molar-refractivity contribution is 0.294. The molecule has 1 unspecified atom stereocenters. The minimum absolute atomic E-state index is 0.622. The lowest BCUT2D eigenvalue weighted by atomic mass is 10.1. The van der Waals surface area contributed by atoms with E-state index in [9.17, 15) is 0 Å². The van der Waals surface area contributed by atoms with Crippen molar-refractivity contribution in [2.75, 3.05) is 13.7 Å². The van der Waals surface area contributed by atoms with Crippen LogP contribution in [0.25, 0.3) is 0 Å². The van der Waals surface area contributed by atoms with E-state index < -0.39 is 0 Å². The molecule has 0 aliphatic rings. The molecule has 0 amide bonds. The standard InChI is InChI=1S/C15H25NO/c1-5-14(16-4)9-7-11-17-15-10-6-8-12(2)13(15)3/h6,8,10,14,16H,5,7,9,11H2,1-4H3. The number of aryl methyl sites for hydroxylation is 1. The van der Waals surface area contributed by atoms with E-state index in [4.69, 9.17) is 4.74 Å². The molecule has 96 valence electrons. The highest BCUT2D eigenvalue weighted by atomic mass is 16.5. The Morgan fingerprint density at radius 1 is 1.29 bits per heavy atom. The molecule has 0 bridgehead atoms. The molecule has 0 fully saturated rings. The van der Waals surface area contributed by atoms with E-state index in [0.29, 0.717) is 6.04 Å². The summed E-state index contributed by atoms with van der Waals surface area (Å²) in [7, 11) is 2.03. The summed E-state index contributed by atoms with van der Waals surface area (Å²) in [6.45, 7) is 7.26. The minimum Gasteiger partial charge on any atom is -0.493 e. The minimum atomic E-state index is 0.622. The van der Waals surface area contributed by atoms with Gasteiger partial charge in [-0.05, 0) is 57.4 Å². The van der Waals surface area contributed by atoms with Gasteiger partial charge in [0, 0.05) is 6.04 Å². The third-order valence-corrected chi connectivity index (χ3v) is 3.41. The topological polar surface area (TPSA) is 21.3 Å². The maximum atomic E-state index is 5.83. The molecule has 0 saturated heterocycles. The molecular weight excluding hydrogens is 210 g/mol. The Labute approximate surface area is 105 Å². The van der Waals surface area contributed by atoms with Gasteiger partial charge in [0.15, 0.2) is 0 Å². The number of rotatable bonds is 7. The summed E-state index contributed by atoms with van der Waals surface area (Å²) in [5.41, 5.74) is 2.55. The van der Waals surface area contributed by atoms with Gasteiger partial charge in [-0.2, -0.15) is 0 Å². The van der Waals surface area contributed by atoms with E-state index in [-0.39, 0.29) is 0 Å². The molecule has 1 aromatic carbocycles. The van der Waals surface area contributed by atoms with Gasteiger partial charge in [-0.15, -0.1) is 0 Å². The quantitative estimate of drug-likeness (QED) is 0.731. The normalized spacial score (nSPS) is 12.5. The Morgan fingerprint density at radius 2 is 2.06 bits per heavy atom. The van der Waals surface area contributed by atoms with Crippen molar-refractivity contribution in [2.45, 2.75) is 46.1 Å². The molecule has 0 saturated carbocycles. The Hall–Kier alpha value is -1.02. The van der Waals surface area contributed by atoms with Crippen molar-refractivity contribution in [3.05, 3.63) is 29.3 Å². The molecule has 1 rings (SSSR count). The van der Waals surface area contributed by atoms with Crippen molar-refractivity contribution >= 4 is 0 Å². The summed E-state index contributed by atoms with van der Waals surface area (Å²) in [5, 5.41) is 3.32. The van der Waals surface area contributed by atoms with E-state index in [2.05, 4.69) is 44.3 Å². The zero-order valence-electron chi connectivity index (χ0n) is 11.5. The van der Waals surface area contributed by atoms with Crippen molar-refractivity contribution in [2.24, 2.45) is 0 Å². The summed E-state index contributed by atoms with van der Waals surface area (Å²) in [6, 6.07) is 6.85. The van der Waals surface area contributed by atoms with Crippen molar-refractivity contribution in [1.29, 1.82) is 0 Å². The highest BCUT2D eigenvalue weighted by Crippen LogP contribution is 2.20. The Kier molecular flexibility index (Phi) is 6.06. The average molecular weight is 235 g/mol. The Balaban J connectivity index is 2.33. The number of ether oxygens (including phenoxy) is 1. The molecular formula is C15H25NO. The molecule has 17 heavy (non-hydrogen) atoms. The van der Waals surface area contributed by atoms with Crippen LogP contribution < -0.4 is 10.1 Å². The molecule has 2 nitrogen and oxygen atoms in total. The van der Waals surface area contributed by atoms with Crippen LogP contribution in [-0.2, 0) is 0 Å². The van der Waals surface area contributed by atoms with Crippen LogP contribution in [-0.4, -0.2) is 19.7 Å². The van der Waals surface area contributed by atoms with E-state index in [1.807, 2.05) is 7.05 Å². The first kappa shape index (κ1) is 14.0. The molecule has 1 atom stereocenters. The number of nitrogens with one attached hydrogen (secondary N) is 1. The first-order chi connectivity index (χ1) is 8.19. The van der Waals surface area contributed by atoms with Gasteiger partial charge in [-0.25, -0.2) is 0 Å². The molecule has 0 spiro atoms. The van der Waals surface area contributed by atoms with Crippen molar-refractivity contribution in [3.63, 3.8) is 0 Å². The fourth-order valence-corrected chi connectivity index (χ4v) is 1.94. The molecule has 0 radical (unpaired) electrons. The van der Waals surface area contributed by atoms with Crippen LogP contribution in [0.2, 0.25) is 0 Å². The molecule has 0 aromatic heterocycles. The first-order valence-electron chi connectivity index (χ1n) is 6.55. The average Bonchev–Trinajstić information content (AvgIpc) is 2.34. The monoisotopic (exact) mass is 235 g/mol. The van der Waals surface area contributed by atoms with E-state index in [1.54, 1.807) is 0 Å². The number of hydrogen-bond donors (Lipinski definition) is 1. The largest absolute Gasteiger partial charge is 0.493 e. The van der Waals surface area contributed by atoms with E-state index in [0.717, 1.165) is 18.8 Å². The molecule has 0 heterocycles. The van der Waals surface area contributed by atoms with Crippen LogP contribution in [0.1, 0.15) is 37.3 Å². The fourth-order valence-electron chi connectivity index (χ4n) is 1.94. The highest BCUT2D eigenvalue weighted by Gasteiger charge is 2.04. The van der Waals surface area contributed by atoms with Gasteiger partial charge in [0.25, 0.3) is 0 Å². The van der Waals surface area contributed by atoms with Gasteiger partial charge in [-0.3, -0.25) is 0 Å². The second kappa shape index (κ2) is 7.33. The third kappa shape index (κ3) is 4.39. The van der Waals surface area contributed by atoms with Gasteiger partial charge in [0.1, 0.15) is 5.75 Å². The second-order valence-corrected chi connectivity index (χ2v) is 4.58. The lowest BCUT2D eigenvalue weighted by Crippen LogP contribution is -2.24. The highest BCUT2D eigenvalue weighted by molar-refractivity contribution is 5.38. The van der Waals surface area contributed by atoms with Crippen LogP contribution in [0.4, 0.5) is 0 Å². The zero-order valence-corrected chi connectivity index (χ0v) is 11.5. The number of benzene rings is 1. The summed E-state index contributed by atoms with van der Waals surface area (Å²) in [4.78, 5) is 0. The van der Waals surface area contributed by atoms with Crippen molar-refractivity contribution in [3.8, 4) is 5.75 Å². The summed E-state index contributed by atoms with van der Waals surface area (Å²) in [6.07, 6.45) is 3.46. The third-order valence-electron chi connectivity index (χ3n) is 3.41. The van der Waals surface area contributed by atoms with E-state index >= 15 is 0 Å². The van der Waals surface area contributed by atoms with Crippen molar-refractivity contribution in [1.82, 2.24) is 5.32 Å². The van der Waals surface area contributed by atoms with Crippen LogP contribution in [0.5, 0.6) is 5.75 Å². The predicted molar refractivity (Wildman–Crippen MR) is 73.8 cm³/mol. The zero-order chi connectivity index (χ0) is 12.7. The predicted octanol–water partition coefficient (Wildman–Crippen LogP) is 3.46. The van der Waals surface area contributed by atoms with Gasteiger partial charge in [0.05, 0.1) is 6.61 Å². The maximum absolute atomic E-state index is 5.83. The maximum Gasteiger partial charge on any atom is 0.122 e. The molecule has 1 N–H and O–H groups in total. The lowest BCUT2D eigenvalue weighted by Gasteiger charge is -2.14. The smallest absolute Gasteiger partial charge is 0.122 e. The summed E-state index contributed by atoms with van der Waals surface area (Å²) in [5.74, 6) is 1.03. The van der Waals surface area contributed by atoms with Crippen LogP contribution in [0, 0.1) is 13.8 Å². The van der Waals surface area contributed by atoms with Crippen LogP contribution >= 0.6 is 0 Å². The molecule has 0 aliphatic carbocycles. The Morgan fingerprint density at radius 3 is 2.71 bits per heavy atom. The molecule has 0 aliphatic heterocycles. The van der Waals surface area contributed by atoms with E-state index in [1.165, 1.54) is 24.0 Å². The van der Waals surface area contributed by atoms with Gasteiger partial charge < -0.3 is 10.1 Å². The summed E-state index contributed by atoms with van der Waals surface area (Å²) < 4.78 is 5.83. The fraction of sp³-hybridized carbons (Fsp3) is 0.600. The SMILES string of the molecule is CCC(CCCOc1cccc(C)c1C)NC. The van der Waals surface area contributed by atoms with Crippen molar-refractivity contribution < 1.29 is 4.74 Å². The van der Waals surface area contributed by atoms with Gasteiger partial charge in [-0.1, -0.05) is 19.1 Å². The Bertz CT molecular complexity index is 332. The molecule has 1 aromatic rings. The van der Waals surface area contributed by atoms with Gasteiger partial charge >= 0.3 is 0 Å². The van der Waals surface area contributed by atoms with Gasteiger partial charge in [0.2, 0.25) is 0 Å².